The van der Waals surface area contributed by atoms with Gasteiger partial charge in [0.05, 0.1) is 6.61 Å². The fourth-order valence-electron chi connectivity index (χ4n) is 2.53. The summed E-state index contributed by atoms with van der Waals surface area (Å²) < 4.78 is 0. The van der Waals surface area contributed by atoms with Gasteiger partial charge in [0.1, 0.15) is 0 Å². The lowest BCUT2D eigenvalue weighted by atomic mass is 9.80. The van der Waals surface area contributed by atoms with Gasteiger partial charge in [-0.25, -0.2) is 0 Å². The zero-order valence-corrected chi connectivity index (χ0v) is 11.6. The smallest absolute Gasteiger partial charge is 0.0584 e. The SMILES string of the molecule is CSCCC(CO)NCC1CCCCC1C. The van der Waals surface area contributed by atoms with Crippen LogP contribution in [0, 0.1) is 11.8 Å². The number of hydrogen-bond acceptors (Lipinski definition) is 3. The van der Waals surface area contributed by atoms with Crippen molar-refractivity contribution < 1.29 is 5.11 Å². The van der Waals surface area contributed by atoms with Crippen molar-refractivity contribution in [1.82, 2.24) is 5.32 Å². The minimum atomic E-state index is 0.279. The lowest BCUT2D eigenvalue weighted by Gasteiger charge is -2.30. The van der Waals surface area contributed by atoms with Crippen molar-refractivity contribution in [1.29, 1.82) is 0 Å². The van der Waals surface area contributed by atoms with E-state index in [0.717, 1.165) is 30.6 Å². The van der Waals surface area contributed by atoms with E-state index in [4.69, 9.17) is 0 Å². The van der Waals surface area contributed by atoms with E-state index in [9.17, 15) is 5.11 Å². The highest BCUT2D eigenvalue weighted by Gasteiger charge is 2.21. The number of thioether (sulfide) groups is 1. The van der Waals surface area contributed by atoms with Crippen LogP contribution in [0.2, 0.25) is 0 Å². The van der Waals surface area contributed by atoms with Crippen LogP contribution in [0.25, 0.3) is 0 Å². The van der Waals surface area contributed by atoms with Crippen LogP contribution in [-0.4, -0.2) is 36.3 Å². The van der Waals surface area contributed by atoms with Gasteiger partial charge in [0.2, 0.25) is 0 Å². The molecule has 96 valence electrons. The maximum Gasteiger partial charge on any atom is 0.0584 e. The standard InChI is InChI=1S/C13H27NOS/c1-11-5-3-4-6-12(11)9-14-13(10-15)7-8-16-2/h11-15H,3-10H2,1-2H3. The Labute approximate surface area is 105 Å². The summed E-state index contributed by atoms with van der Waals surface area (Å²) in [6, 6.07) is 0.307. The third kappa shape index (κ3) is 5.07. The zero-order valence-electron chi connectivity index (χ0n) is 10.7. The van der Waals surface area contributed by atoms with E-state index in [0.29, 0.717) is 6.04 Å². The minimum Gasteiger partial charge on any atom is -0.395 e. The maximum atomic E-state index is 9.28. The molecule has 2 N–H and O–H groups in total. The number of aliphatic hydroxyl groups is 1. The predicted molar refractivity (Wildman–Crippen MR) is 73.0 cm³/mol. The van der Waals surface area contributed by atoms with E-state index in [1.165, 1.54) is 25.7 Å². The van der Waals surface area contributed by atoms with Gasteiger partial charge in [-0.2, -0.15) is 11.8 Å². The van der Waals surface area contributed by atoms with Gasteiger partial charge in [-0.05, 0) is 43.2 Å². The van der Waals surface area contributed by atoms with Crippen molar-refractivity contribution in [3.05, 3.63) is 0 Å². The van der Waals surface area contributed by atoms with Gasteiger partial charge < -0.3 is 10.4 Å². The van der Waals surface area contributed by atoms with Crippen molar-refractivity contribution in [3.8, 4) is 0 Å². The average molecular weight is 245 g/mol. The zero-order chi connectivity index (χ0) is 11.8. The van der Waals surface area contributed by atoms with Gasteiger partial charge in [-0.3, -0.25) is 0 Å². The highest BCUT2D eigenvalue weighted by Crippen LogP contribution is 2.28. The first kappa shape index (κ1) is 14.3. The number of hydrogen-bond donors (Lipinski definition) is 2. The molecule has 0 spiro atoms. The number of aliphatic hydroxyl groups excluding tert-OH is 1. The van der Waals surface area contributed by atoms with Gasteiger partial charge in [0, 0.05) is 6.04 Å². The van der Waals surface area contributed by atoms with Crippen molar-refractivity contribution in [2.24, 2.45) is 11.8 Å². The number of rotatable bonds is 7. The molecule has 3 unspecified atom stereocenters. The van der Waals surface area contributed by atoms with Crippen LogP contribution in [-0.2, 0) is 0 Å². The van der Waals surface area contributed by atoms with Gasteiger partial charge in [-0.15, -0.1) is 0 Å². The van der Waals surface area contributed by atoms with Gasteiger partial charge in [0.25, 0.3) is 0 Å². The molecule has 0 aromatic carbocycles. The molecular weight excluding hydrogens is 218 g/mol. The second-order valence-corrected chi connectivity index (χ2v) is 6.08. The Bertz CT molecular complexity index is 177. The molecule has 16 heavy (non-hydrogen) atoms. The van der Waals surface area contributed by atoms with E-state index in [1.54, 1.807) is 0 Å². The summed E-state index contributed by atoms with van der Waals surface area (Å²) in [4.78, 5) is 0. The quantitative estimate of drug-likeness (QED) is 0.723. The monoisotopic (exact) mass is 245 g/mol. The Morgan fingerprint density at radius 1 is 1.38 bits per heavy atom. The molecule has 0 aliphatic heterocycles. The predicted octanol–water partition coefficient (Wildman–Crippen LogP) is 2.52. The van der Waals surface area contributed by atoms with Gasteiger partial charge in [-0.1, -0.05) is 26.2 Å². The molecular formula is C13H27NOS. The summed E-state index contributed by atoms with van der Waals surface area (Å²) in [6.45, 7) is 3.75. The summed E-state index contributed by atoms with van der Waals surface area (Å²) >= 11 is 1.86. The molecule has 2 nitrogen and oxygen atoms in total. The van der Waals surface area contributed by atoms with E-state index >= 15 is 0 Å². The Balaban J connectivity index is 2.19. The molecule has 0 amide bonds. The van der Waals surface area contributed by atoms with Crippen LogP contribution in [0.5, 0.6) is 0 Å². The summed E-state index contributed by atoms with van der Waals surface area (Å²) in [6.07, 6.45) is 8.77. The van der Waals surface area contributed by atoms with Crippen LogP contribution in [0.3, 0.4) is 0 Å². The van der Waals surface area contributed by atoms with Gasteiger partial charge >= 0.3 is 0 Å². The van der Waals surface area contributed by atoms with Gasteiger partial charge in [0.15, 0.2) is 0 Å². The van der Waals surface area contributed by atoms with Crippen molar-refractivity contribution in [2.75, 3.05) is 25.2 Å². The average Bonchev–Trinajstić information content (AvgIpc) is 2.31. The highest BCUT2D eigenvalue weighted by atomic mass is 32.2. The molecule has 0 aromatic heterocycles. The first-order valence-electron chi connectivity index (χ1n) is 6.61. The summed E-state index contributed by atoms with van der Waals surface area (Å²) in [5.41, 5.74) is 0. The normalized spacial score (nSPS) is 27.9. The highest BCUT2D eigenvalue weighted by molar-refractivity contribution is 7.98. The largest absolute Gasteiger partial charge is 0.395 e. The molecule has 0 bridgehead atoms. The Morgan fingerprint density at radius 3 is 2.75 bits per heavy atom. The summed E-state index contributed by atoms with van der Waals surface area (Å²) in [5.74, 6) is 2.83. The molecule has 1 saturated carbocycles. The Hall–Kier alpha value is 0.270. The lowest BCUT2D eigenvalue weighted by Crippen LogP contribution is -2.38. The van der Waals surface area contributed by atoms with Crippen LogP contribution in [0.4, 0.5) is 0 Å². The summed E-state index contributed by atoms with van der Waals surface area (Å²) in [7, 11) is 0. The van der Waals surface area contributed by atoms with Crippen LogP contribution >= 0.6 is 11.8 Å². The molecule has 1 rings (SSSR count). The van der Waals surface area contributed by atoms with E-state index in [-0.39, 0.29) is 6.61 Å². The second kappa shape index (κ2) is 8.37. The molecule has 0 heterocycles. The summed E-state index contributed by atoms with van der Waals surface area (Å²) in [5, 5.41) is 12.8. The van der Waals surface area contributed by atoms with Crippen LogP contribution < -0.4 is 5.32 Å². The fraction of sp³-hybridized carbons (Fsp3) is 1.00. The molecule has 1 aliphatic carbocycles. The minimum absolute atomic E-state index is 0.279. The molecule has 1 fully saturated rings. The molecule has 0 aromatic rings. The first-order valence-corrected chi connectivity index (χ1v) is 8.00. The lowest BCUT2D eigenvalue weighted by molar-refractivity contribution is 0.205. The first-order chi connectivity index (χ1) is 7.77. The van der Waals surface area contributed by atoms with Crippen LogP contribution in [0.1, 0.15) is 39.0 Å². The van der Waals surface area contributed by atoms with Crippen molar-refractivity contribution in [3.63, 3.8) is 0 Å². The topological polar surface area (TPSA) is 32.3 Å². The molecule has 0 radical (unpaired) electrons. The van der Waals surface area contributed by atoms with Crippen molar-refractivity contribution in [2.45, 2.75) is 45.1 Å². The van der Waals surface area contributed by atoms with E-state index in [1.807, 2.05) is 11.8 Å². The number of nitrogens with one attached hydrogen (secondary N) is 1. The van der Waals surface area contributed by atoms with E-state index in [2.05, 4.69) is 18.5 Å². The third-order valence-corrected chi connectivity index (χ3v) is 4.49. The fourth-order valence-corrected chi connectivity index (χ4v) is 3.05. The van der Waals surface area contributed by atoms with Crippen molar-refractivity contribution >= 4 is 11.8 Å². The Kier molecular flexibility index (Phi) is 7.50. The van der Waals surface area contributed by atoms with E-state index < -0.39 is 0 Å². The maximum absolute atomic E-state index is 9.28. The Morgan fingerprint density at radius 2 is 2.12 bits per heavy atom. The molecule has 1 aliphatic rings. The molecule has 3 atom stereocenters. The molecule has 0 saturated heterocycles. The second-order valence-electron chi connectivity index (χ2n) is 5.09. The van der Waals surface area contributed by atoms with Crippen LogP contribution in [0.15, 0.2) is 0 Å². The third-order valence-electron chi connectivity index (χ3n) is 3.85. The molecule has 3 heteroatoms.